The van der Waals surface area contributed by atoms with Crippen LogP contribution in [0.15, 0.2) is 37.3 Å². The van der Waals surface area contributed by atoms with Crippen molar-refractivity contribution in [3.05, 3.63) is 37.3 Å². The van der Waals surface area contributed by atoms with Crippen molar-refractivity contribution in [2.45, 2.75) is 24.5 Å². The van der Waals surface area contributed by atoms with E-state index in [9.17, 15) is 38.6 Å². The van der Waals surface area contributed by atoms with Crippen LogP contribution in [-0.4, -0.2) is 73.7 Å². The lowest BCUT2D eigenvalue weighted by Gasteiger charge is -2.20. The van der Waals surface area contributed by atoms with Gasteiger partial charge in [0, 0.05) is 18.6 Å². The number of phosphoric ester groups is 1. The first kappa shape index (κ1) is 26.0. The quantitative estimate of drug-likeness (QED) is 0.185. The number of nitrogen functional groups attached to an aromatic ring is 1. The van der Waals surface area contributed by atoms with Crippen molar-refractivity contribution in [2.75, 3.05) is 12.3 Å². The molecule has 21 heteroatoms. The molecule has 18 nitrogen and oxygen atoms in total. The van der Waals surface area contributed by atoms with Crippen LogP contribution in [0.3, 0.4) is 0 Å². The van der Waals surface area contributed by atoms with Crippen LogP contribution in [0.5, 0.6) is 0 Å². The summed E-state index contributed by atoms with van der Waals surface area (Å²) in [6.07, 6.45) is -0.438. The summed E-state index contributed by atoms with van der Waals surface area (Å²) < 4.78 is 56.1. The molecule has 0 amide bonds. The molecule has 7 atom stereocenters. The van der Waals surface area contributed by atoms with Gasteiger partial charge in [0.15, 0.2) is 11.9 Å². The first-order chi connectivity index (χ1) is 16.3. The summed E-state index contributed by atoms with van der Waals surface area (Å²) in [5, 5.41) is 20.7. The average molecular weight is 556 g/mol. The minimum Gasteiger partial charge on any atom is -0.397 e. The molecule has 0 saturated carbocycles. The Bertz CT molecular complexity index is 1350. The number of nitrogens with two attached hydrogens (primary N) is 1. The third kappa shape index (κ3) is 5.54. The lowest BCUT2D eigenvalue weighted by Crippen LogP contribution is -2.33. The topological polar surface area (TPSA) is 264 Å². The van der Waals surface area contributed by atoms with Gasteiger partial charge in [-0.2, -0.15) is 8.62 Å². The number of ether oxygens (including phenoxy) is 1. The van der Waals surface area contributed by atoms with E-state index >= 15 is 0 Å². The Kier molecular flexibility index (Phi) is 7.02. The first-order valence-corrected chi connectivity index (χ1v) is 13.9. The summed E-state index contributed by atoms with van der Waals surface area (Å²) in [7, 11) is -16.1. The number of rotatable bonds is 9. The van der Waals surface area contributed by atoms with E-state index in [0.29, 0.717) is 15.5 Å². The molecule has 1 saturated heterocycles. The molecule has 0 aromatic carbocycles. The number of fused-ring (bicyclic) bond motifs is 1. The molecule has 1 aliphatic rings. The molecule has 0 aliphatic carbocycles. The second-order valence-corrected chi connectivity index (χ2v) is 12.0. The molecule has 3 unspecified atom stereocenters. The van der Waals surface area contributed by atoms with Crippen LogP contribution in [-0.2, 0) is 31.6 Å². The van der Waals surface area contributed by atoms with Crippen molar-refractivity contribution >= 4 is 40.2 Å². The van der Waals surface area contributed by atoms with E-state index in [2.05, 4.69) is 28.1 Å². The summed E-state index contributed by atoms with van der Waals surface area (Å²) in [4.78, 5) is 40.8. The lowest BCUT2D eigenvalue weighted by atomic mass is 10.1. The monoisotopic (exact) mass is 556 g/mol. The molecule has 7 N–H and O–H groups in total. The van der Waals surface area contributed by atoms with Crippen LogP contribution >= 0.6 is 23.4 Å². The predicted octanol–water partition coefficient (Wildman–Crippen LogP) is -0.272. The van der Waals surface area contributed by atoms with E-state index < -0.39 is 54.5 Å². The number of phosphoric acid groups is 2. The number of imidazole rings is 2. The van der Waals surface area contributed by atoms with Crippen LogP contribution in [0.1, 0.15) is 6.23 Å². The molecule has 0 spiro atoms. The summed E-state index contributed by atoms with van der Waals surface area (Å²) in [6, 6.07) is 1.50. The van der Waals surface area contributed by atoms with Crippen molar-refractivity contribution in [3.8, 4) is 0 Å². The number of hydrogen-bond acceptors (Lipinski definition) is 13. The standard InChI is InChI=1S/C14H19N6O12P3/c15-8-1-2-17-13-10(8)18-7-20(13)14-12(22)11(21)9(30-14)5-29-34(25,26)32-35(27,28)31-33(23,24)19-4-3-16-6-19/h1-4,6-7,9,11-12,14,21-22H,5H2,(H2,15,17)(H,23,24)(H,25,26)(H,27,28)/t9-,11-,12-,14-/m1/s1. The molecule has 1 aliphatic heterocycles. The van der Waals surface area contributed by atoms with E-state index in [0.717, 1.165) is 18.7 Å². The Morgan fingerprint density at radius 2 is 1.77 bits per heavy atom. The molecule has 0 bridgehead atoms. The van der Waals surface area contributed by atoms with Crippen LogP contribution in [0, 0.1) is 0 Å². The van der Waals surface area contributed by atoms with E-state index in [1.807, 2.05) is 0 Å². The number of pyridine rings is 1. The van der Waals surface area contributed by atoms with Gasteiger partial charge in [0.2, 0.25) is 0 Å². The number of anilines is 1. The molecular formula is C14H19N6O12P3. The van der Waals surface area contributed by atoms with Crippen LogP contribution in [0.4, 0.5) is 5.69 Å². The maximum atomic E-state index is 12.1. The third-order valence-electron chi connectivity index (χ3n) is 4.70. The van der Waals surface area contributed by atoms with E-state index in [1.54, 1.807) is 0 Å². The Labute approximate surface area is 195 Å². The minimum atomic E-state index is -5.63. The normalized spacial score (nSPS) is 27.9. The van der Waals surface area contributed by atoms with Gasteiger partial charge in [-0.3, -0.25) is 9.09 Å². The third-order valence-corrected chi connectivity index (χ3v) is 9.33. The van der Waals surface area contributed by atoms with Crippen LogP contribution in [0.2, 0.25) is 0 Å². The van der Waals surface area contributed by atoms with Crippen LogP contribution in [0.25, 0.3) is 11.2 Å². The summed E-state index contributed by atoms with van der Waals surface area (Å²) in [6.45, 7) is -0.914. The number of aliphatic hydroxyl groups is 2. The summed E-state index contributed by atoms with van der Waals surface area (Å²) >= 11 is 0. The van der Waals surface area contributed by atoms with Gasteiger partial charge in [-0.25, -0.2) is 33.0 Å². The Hall–Kier alpha value is -2.04. The van der Waals surface area contributed by atoms with Gasteiger partial charge >= 0.3 is 23.4 Å². The molecular weight excluding hydrogens is 537 g/mol. The fourth-order valence-electron chi connectivity index (χ4n) is 3.15. The molecule has 3 aromatic heterocycles. The van der Waals surface area contributed by atoms with Gasteiger partial charge in [0.1, 0.15) is 30.2 Å². The molecule has 4 heterocycles. The zero-order valence-electron chi connectivity index (χ0n) is 17.2. The van der Waals surface area contributed by atoms with Gasteiger partial charge in [0.25, 0.3) is 0 Å². The number of hydrogen-bond donors (Lipinski definition) is 6. The highest BCUT2D eigenvalue weighted by atomic mass is 31.3. The zero-order valence-corrected chi connectivity index (χ0v) is 19.9. The second-order valence-electron chi connectivity index (χ2n) is 7.10. The highest BCUT2D eigenvalue weighted by Gasteiger charge is 2.47. The van der Waals surface area contributed by atoms with Crippen molar-refractivity contribution in [3.63, 3.8) is 0 Å². The number of nitrogens with zero attached hydrogens (tertiary/aromatic N) is 5. The minimum absolute atomic E-state index is 0.226. The highest BCUT2D eigenvalue weighted by Crippen LogP contribution is 2.67. The molecule has 192 valence electrons. The van der Waals surface area contributed by atoms with Crippen LogP contribution < -0.4 is 5.73 Å². The van der Waals surface area contributed by atoms with Crippen molar-refractivity contribution in [1.29, 1.82) is 0 Å². The SMILES string of the molecule is Nc1ccnc2c1ncn2[C@@H]1O[C@H](COP(=O)(O)OP(=O)(O)OP(=O)(O)n2ccnc2)[C@@H](O)[C@H]1O. The van der Waals surface area contributed by atoms with E-state index in [-0.39, 0.29) is 5.65 Å². The van der Waals surface area contributed by atoms with Gasteiger partial charge < -0.3 is 35.4 Å². The first-order valence-electron chi connectivity index (χ1n) is 9.43. The summed E-state index contributed by atoms with van der Waals surface area (Å²) in [5.41, 5.74) is 6.65. The molecule has 35 heavy (non-hydrogen) atoms. The Morgan fingerprint density at radius 3 is 2.46 bits per heavy atom. The summed E-state index contributed by atoms with van der Waals surface area (Å²) in [5.74, 6) is 0. The average Bonchev–Trinajstić information content (AvgIpc) is 3.47. The fraction of sp³-hybridized carbons (Fsp3) is 0.357. The second kappa shape index (κ2) is 9.44. The van der Waals surface area contributed by atoms with Gasteiger partial charge in [-0.1, -0.05) is 0 Å². The van der Waals surface area contributed by atoms with Gasteiger partial charge in [0.05, 0.1) is 18.6 Å². The molecule has 1 fully saturated rings. The highest BCUT2D eigenvalue weighted by molar-refractivity contribution is 7.67. The van der Waals surface area contributed by atoms with E-state index in [4.69, 9.17) is 10.5 Å². The fourth-order valence-corrected chi connectivity index (χ4v) is 6.94. The van der Waals surface area contributed by atoms with Crippen molar-refractivity contribution in [2.24, 2.45) is 0 Å². The predicted molar refractivity (Wildman–Crippen MR) is 113 cm³/mol. The maximum absolute atomic E-state index is 12.1. The zero-order chi connectivity index (χ0) is 25.6. The molecule has 3 aromatic rings. The number of aromatic nitrogens is 5. The Morgan fingerprint density at radius 1 is 1.03 bits per heavy atom. The van der Waals surface area contributed by atoms with Gasteiger partial charge in [-0.05, 0) is 6.07 Å². The smallest absolute Gasteiger partial charge is 0.397 e. The van der Waals surface area contributed by atoms with Crippen molar-refractivity contribution < 1.29 is 56.5 Å². The molecule has 4 rings (SSSR count). The number of aliphatic hydroxyl groups excluding tert-OH is 2. The molecule has 0 radical (unpaired) electrons. The maximum Gasteiger partial charge on any atom is 0.489 e. The largest absolute Gasteiger partial charge is 0.489 e. The lowest BCUT2D eigenvalue weighted by molar-refractivity contribution is -0.0503. The Balaban J connectivity index is 1.41. The van der Waals surface area contributed by atoms with Gasteiger partial charge in [-0.15, -0.1) is 0 Å². The van der Waals surface area contributed by atoms with Crippen molar-refractivity contribution in [1.82, 2.24) is 23.9 Å². The van der Waals surface area contributed by atoms with E-state index in [1.165, 1.54) is 23.2 Å².